The molecule has 3 aromatic carbocycles. The van der Waals surface area contributed by atoms with Crippen LogP contribution in [0.2, 0.25) is 0 Å². The highest BCUT2D eigenvalue weighted by atomic mass is 16.5. The largest absolute Gasteiger partial charge is 0.497 e. The summed E-state index contributed by atoms with van der Waals surface area (Å²) in [5.74, 6) is 0.712. The number of esters is 1. The summed E-state index contributed by atoms with van der Waals surface area (Å²) in [4.78, 5) is 17.6. The molecule has 1 saturated heterocycles. The van der Waals surface area contributed by atoms with Crippen molar-refractivity contribution in [3.63, 3.8) is 0 Å². The quantitative estimate of drug-likeness (QED) is 0.390. The van der Waals surface area contributed by atoms with Crippen LogP contribution in [0.25, 0.3) is 11.1 Å². The van der Waals surface area contributed by atoms with Gasteiger partial charge in [0, 0.05) is 31.9 Å². The van der Waals surface area contributed by atoms with Crippen molar-refractivity contribution in [1.29, 1.82) is 0 Å². The second-order valence-electron chi connectivity index (χ2n) is 9.40. The van der Waals surface area contributed by atoms with Crippen molar-refractivity contribution >= 4 is 11.7 Å². The molecule has 1 atom stereocenters. The van der Waals surface area contributed by atoms with Gasteiger partial charge in [-0.15, -0.1) is 0 Å². The van der Waals surface area contributed by atoms with Crippen molar-refractivity contribution in [3.05, 3.63) is 84.4 Å². The van der Waals surface area contributed by atoms with E-state index in [1.165, 1.54) is 18.4 Å². The Kier molecular flexibility index (Phi) is 8.09. The van der Waals surface area contributed by atoms with Gasteiger partial charge in [0.1, 0.15) is 5.75 Å². The lowest BCUT2D eigenvalue weighted by Gasteiger charge is -2.36. The van der Waals surface area contributed by atoms with Crippen molar-refractivity contribution < 1.29 is 14.3 Å². The van der Waals surface area contributed by atoms with E-state index in [1.54, 1.807) is 7.11 Å². The summed E-state index contributed by atoms with van der Waals surface area (Å²) in [6.07, 6.45) is 1.73. The summed E-state index contributed by atoms with van der Waals surface area (Å²) in [7, 11) is 3.18. The van der Waals surface area contributed by atoms with Crippen LogP contribution in [-0.2, 0) is 14.9 Å². The summed E-state index contributed by atoms with van der Waals surface area (Å²) in [5, 5.41) is 0. The van der Waals surface area contributed by atoms with Crippen molar-refractivity contribution in [2.24, 2.45) is 0 Å². The number of benzene rings is 3. The first-order valence-electron chi connectivity index (χ1n) is 12.4. The Morgan fingerprint density at radius 3 is 2.23 bits per heavy atom. The van der Waals surface area contributed by atoms with Crippen LogP contribution in [0.3, 0.4) is 0 Å². The zero-order valence-corrected chi connectivity index (χ0v) is 21.1. The van der Waals surface area contributed by atoms with E-state index < -0.39 is 5.41 Å². The standard InChI is InChI=1S/C30H36N2O3/c1-30(29(33)35-3,26-10-5-4-6-11-26)17-8-18-31-19-21-32(22-20-31)27-15-13-24(14-16-27)25-9-7-12-28(23-25)34-2/h4-7,9-16,23H,8,17-22H2,1-3H3. The third-order valence-electron chi connectivity index (χ3n) is 7.21. The Bertz CT molecular complexity index is 1090. The van der Waals surface area contributed by atoms with Gasteiger partial charge in [0.05, 0.1) is 19.6 Å². The lowest BCUT2D eigenvalue weighted by Crippen LogP contribution is -2.47. The number of methoxy groups -OCH3 is 2. The van der Waals surface area contributed by atoms with Crippen LogP contribution in [0.4, 0.5) is 5.69 Å². The summed E-state index contributed by atoms with van der Waals surface area (Å²) in [6.45, 7) is 7.05. The number of carbonyl (C=O) groups is 1. The minimum atomic E-state index is -0.609. The van der Waals surface area contributed by atoms with E-state index in [4.69, 9.17) is 9.47 Å². The van der Waals surface area contributed by atoms with Gasteiger partial charge in [0.15, 0.2) is 0 Å². The summed E-state index contributed by atoms with van der Waals surface area (Å²) in [6, 6.07) is 27.0. The minimum Gasteiger partial charge on any atom is -0.497 e. The molecule has 4 rings (SSSR count). The monoisotopic (exact) mass is 472 g/mol. The first-order chi connectivity index (χ1) is 17.0. The van der Waals surface area contributed by atoms with Crippen LogP contribution >= 0.6 is 0 Å². The third-order valence-corrected chi connectivity index (χ3v) is 7.21. The maximum atomic E-state index is 12.6. The van der Waals surface area contributed by atoms with E-state index >= 15 is 0 Å². The van der Waals surface area contributed by atoms with Crippen molar-refractivity contribution in [2.45, 2.75) is 25.2 Å². The van der Waals surface area contributed by atoms with Gasteiger partial charge in [0.25, 0.3) is 0 Å². The van der Waals surface area contributed by atoms with Gasteiger partial charge in [-0.3, -0.25) is 9.69 Å². The Balaban J connectivity index is 1.29. The Labute approximate surface area is 209 Å². The second kappa shape index (κ2) is 11.4. The number of hydrogen-bond acceptors (Lipinski definition) is 5. The van der Waals surface area contributed by atoms with Gasteiger partial charge in [0.2, 0.25) is 0 Å². The average molecular weight is 473 g/mol. The number of anilines is 1. The van der Waals surface area contributed by atoms with E-state index in [-0.39, 0.29) is 5.97 Å². The summed E-state index contributed by atoms with van der Waals surface area (Å²) >= 11 is 0. The molecular formula is C30H36N2O3. The van der Waals surface area contributed by atoms with Gasteiger partial charge in [-0.05, 0) is 67.3 Å². The van der Waals surface area contributed by atoms with Crippen LogP contribution in [0, 0.1) is 0 Å². The number of ether oxygens (including phenoxy) is 2. The molecule has 0 spiro atoms. The van der Waals surface area contributed by atoms with Gasteiger partial charge in [-0.2, -0.15) is 0 Å². The molecule has 0 bridgehead atoms. The molecule has 184 valence electrons. The van der Waals surface area contributed by atoms with Gasteiger partial charge >= 0.3 is 5.97 Å². The van der Waals surface area contributed by atoms with E-state index in [2.05, 4.69) is 46.2 Å². The molecule has 35 heavy (non-hydrogen) atoms. The smallest absolute Gasteiger partial charge is 0.315 e. The predicted molar refractivity (Wildman–Crippen MR) is 142 cm³/mol. The molecule has 5 nitrogen and oxygen atoms in total. The van der Waals surface area contributed by atoms with E-state index in [1.807, 2.05) is 49.4 Å². The van der Waals surface area contributed by atoms with E-state index in [9.17, 15) is 4.79 Å². The van der Waals surface area contributed by atoms with Crippen LogP contribution in [0.5, 0.6) is 5.75 Å². The molecule has 1 unspecified atom stereocenters. The first kappa shape index (κ1) is 24.8. The molecule has 0 N–H and O–H groups in total. The van der Waals surface area contributed by atoms with Crippen LogP contribution in [0.1, 0.15) is 25.3 Å². The summed E-state index contributed by atoms with van der Waals surface area (Å²) < 4.78 is 10.5. The topological polar surface area (TPSA) is 42.0 Å². The van der Waals surface area contributed by atoms with Crippen LogP contribution < -0.4 is 9.64 Å². The van der Waals surface area contributed by atoms with Crippen LogP contribution in [0.15, 0.2) is 78.9 Å². The lowest BCUT2D eigenvalue weighted by atomic mass is 9.78. The maximum absolute atomic E-state index is 12.6. The number of nitrogens with zero attached hydrogens (tertiary/aromatic N) is 2. The number of rotatable bonds is 9. The molecule has 0 amide bonds. The Hall–Kier alpha value is -3.31. The Morgan fingerprint density at radius 1 is 0.857 bits per heavy atom. The highest BCUT2D eigenvalue weighted by Crippen LogP contribution is 2.31. The zero-order valence-electron chi connectivity index (χ0n) is 21.1. The first-order valence-corrected chi connectivity index (χ1v) is 12.4. The molecule has 0 saturated carbocycles. The molecule has 1 heterocycles. The minimum absolute atomic E-state index is 0.161. The van der Waals surface area contributed by atoms with Crippen molar-refractivity contribution in [2.75, 3.05) is 51.8 Å². The van der Waals surface area contributed by atoms with Crippen molar-refractivity contribution in [1.82, 2.24) is 4.90 Å². The average Bonchev–Trinajstić information content (AvgIpc) is 2.93. The number of piperazine rings is 1. The molecule has 0 radical (unpaired) electrons. The molecule has 3 aromatic rings. The molecular weight excluding hydrogens is 436 g/mol. The highest BCUT2D eigenvalue weighted by molar-refractivity contribution is 5.82. The number of carbonyl (C=O) groups excluding carboxylic acids is 1. The van der Waals surface area contributed by atoms with Crippen molar-refractivity contribution in [3.8, 4) is 16.9 Å². The fourth-order valence-electron chi connectivity index (χ4n) is 4.95. The fourth-order valence-corrected chi connectivity index (χ4v) is 4.95. The number of hydrogen-bond donors (Lipinski definition) is 0. The SMILES string of the molecule is COC(=O)C(C)(CCCN1CCN(c2ccc(-c3cccc(OC)c3)cc2)CC1)c1ccccc1. The second-order valence-corrected chi connectivity index (χ2v) is 9.40. The molecule has 1 aliphatic heterocycles. The molecule has 5 heteroatoms. The van der Waals surface area contributed by atoms with E-state index in [0.29, 0.717) is 0 Å². The lowest BCUT2D eigenvalue weighted by molar-refractivity contribution is -0.147. The Morgan fingerprint density at radius 2 is 1.57 bits per heavy atom. The fraction of sp³-hybridized carbons (Fsp3) is 0.367. The molecule has 1 aliphatic rings. The van der Waals surface area contributed by atoms with Gasteiger partial charge in [-0.25, -0.2) is 0 Å². The summed E-state index contributed by atoms with van der Waals surface area (Å²) in [5.41, 5.74) is 4.03. The third kappa shape index (κ3) is 5.85. The van der Waals surface area contributed by atoms with Gasteiger partial charge < -0.3 is 14.4 Å². The zero-order chi connectivity index (χ0) is 24.7. The molecule has 1 fully saturated rings. The normalized spacial score (nSPS) is 15.9. The highest BCUT2D eigenvalue weighted by Gasteiger charge is 2.36. The van der Waals surface area contributed by atoms with Gasteiger partial charge in [-0.1, -0.05) is 54.6 Å². The molecule has 0 aliphatic carbocycles. The van der Waals surface area contributed by atoms with E-state index in [0.717, 1.165) is 62.4 Å². The molecule has 0 aromatic heterocycles. The predicted octanol–water partition coefficient (Wildman–Crippen LogP) is 5.40. The maximum Gasteiger partial charge on any atom is 0.315 e. The van der Waals surface area contributed by atoms with Crippen LogP contribution in [-0.4, -0.2) is 57.8 Å².